The molecule has 9 heteroatoms. The molecule has 0 bridgehead atoms. The fraction of sp³-hybridized carbons (Fsp3) is 0.333. The molecule has 0 spiro atoms. The van der Waals surface area contributed by atoms with Crippen LogP contribution in [0, 0.1) is 0 Å². The van der Waals surface area contributed by atoms with Gasteiger partial charge in [0.1, 0.15) is 5.82 Å². The molecular formula is C6H8ClN3O4S. The standard InChI is InChI=1S/C6H8ClN3O4S/c1-9-4(8)3(15(7,13)14)5(11)10(2)6(9)12/h8H2,1-2H3. The Labute approximate surface area is 89.1 Å². The van der Waals surface area contributed by atoms with Gasteiger partial charge in [0.2, 0.25) is 0 Å². The van der Waals surface area contributed by atoms with Crippen molar-refractivity contribution in [1.82, 2.24) is 9.13 Å². The molecule has 0 unspecified atom stereocenters. The fourth-order valence-electron chi connectivity index (χ4n) is 1.06. The zero-order chi connectivity index (χ0) is 12.0. The lowest BCUT2D eigenvalue weighted by Gasteiger charge is -2.08. The smallest absolute Gasteiger partial charge is 0.332 e. The predicted octanol–water partition coefficient (Wildman–Crippen LogP) is -1.41. The molecule has 0 atom stereocenters. The second-order valence-electron chi connectivity index (χ2n) is 2.86. The summed E-state index contributed by atoms with van der Waals surface area (Å²) in [6, 6.07) is 0. The monoisotopic (exact) mass is 253 g/mol. The zero-order valence-electron chi connectivity index (χ0n) is 7.89. The van der Waals surface area contributed by atoms with Gasteiger partial charge in [-0.3, -0.25) is 13.9 Å². The third-order valence-corrected chi connectivity index (χ3v) is 3.24. The van der Waals surface area contributed by atoms with E-state index in [1.54, 1.807) is 0 Å². The van der Waals surface area contributed by atoms with E-state index in [1.165, 1.54) is 7.05 Å². The van der Waals surface area contributed by atoms with Crippen LogP contribution in [0.25, 0.3) is 0 Å². The minimum Gasteiger partial charge on any atom is -0.384 e. The highest BCUT2D eigenvalue weighted by atomic mass is 35.7. The van der Waals surface area contributed by atoms with Gasteiger partial charge < -0.3 is 5.73 Å². The van der Waals surface area contributed by atoms with Crippen molar-refractivity contribution in [3.63, 3.8) is 0 Å². The number of nitrogen functional groups attached to an aromatic ring is 1. The number of hydrogen-bond acceptors (Lipinski definition) is 5. The van der Waals surface area contributed by atoms with E-state index < -0.39 is 31.0 Å². The van der Waals surface area contributed by atoms with Crippen LogP contribution >= 0.6 is 10.7 Å². The van der Waals surface area contributed by atoms with E-state index in [9.17, 15) is 18.0 Å². The largest absolute Gasteiger partial charge is 0.384 e. The maximum atomic E-state index is 11.4. The first-order chi connectivity index (χ1) is 6.68. The zero-order valence-corrected chi connectivity index (χ0v) is 9.46. The second kappa shape index (κ2) is 3.38. The molecule has 0 aliphatic heterocycles. The molecule has 0 fully saturated rings. The van der Waals surface area contributed by atoms with Gasteiger partial charge in [0.15, 0.2) is 4.90 Å². The number of halogens is 1. The topological polar surface area (TPSA) is 104 Å². The molecule has 1 heterocycles. The summed E-state index contributed by atoms with van der Waals surface area (Å²) in [6.07, 6.45) is 0. The van der Waals surface area contributed by atoms with Gasteiger partial charge in [0.25, 0.3) is 14.6 Å². The van der Waals surface area contributed by atoms with E-state index in [4.69, 9.17) is 16.4 Å². The van der Waals surface area contributed by atoms with Crippen molar-refractivity contribution in [3.05, 3.63) is 20.8 Å². The summed E-state index contributed by atoms with van der Waals surface area (Å²) in [6.45, 7) is 0. The summed E-state index contributed by atoms with van der Waals surface area (Å²) in [4.78, 5) is 21.9. The van der Waals surface area contributed by atoms with Crippen molar-refractivity contribution in [2.75, 3.05) is 5.73 Å². The van der Waals surface area contributed by atoms with Crippen molar-refractivity contribution >= 4 is 25.6 Å². The van der Waals surface area contributed by atoms with Crippen molar-refractivity contribution in [2.45, 2.75) is 4.90 Å². The van der Waals surface area contributed by atoms with Gasteiger partial charge >= 0.3 is 5.69 Å². The van der Waals surface area contributed by atoms with Gasteiger partial charge in [-0.15, -0.1) is 0 Å². The van der Waals surface area contributed by atoms with Crippen LogP contribution in [-0.2, 0) is 23.1 Å². The molecule has 15 heavy (non-hydrogen) atoms. The molecule has 0 saturated heterocycles. The number of hydrogen-bond donors (Lipinski definition) is 1. The van der Waals surface area contributed by atoms with Crippen molar-refractivity contribution in [2.24, 2.45) is 14.1 Å². The van der Waals surface area contributed by atoms with E-state index in [1.807, 2.05) is 0 Å². The molecule has 1 aromatic heterocycles. The lowest BCUT2D eigenvalue weighted by molar-refractivity contribution is 0.599. The first kappa shape index (κ1) is 11.8. The lowest BCUT2D eigenvalue weighted by atomic mass is 10.5. The first-order valence-electron chi connectivity index (χ1n) is 3.68. The summed E-state index contributed by atoms with van der Waals surface area (Å²) in [5.74, 6) is -0.474. The maximum Gasteiger partial charge on any atom is 0.332 e. The molecule has 1 aromatic rings. The molecule has 84 valence electrons. The van der Waals surface area contributed by atoms with Crippen LogP contribution in [0.2, 0.25) is 0 Å². The SMILES string of the molecule is Cn1c(N)c(S(=O)(=O)Cl)c(=O)n(C)c1=O. The molecule has 2 N–H and O–H groups in total. The third-order valence-electron chi connectivity index (χ3n) is 1.91. The van der Waals surface area contributed by atoms with Crippen LogP contribution in [0.15, 0.2) is 14.5 Å². The van der Waals surface area contributed by atoms with E-state index in [0.717, 1.165) is 11.6 Å². The minimum atomic E-state index is -4.27. The Kier molecular flexibility index (Phi) is 2.66. The summed E-state index contributed by atoms with van der Waals surface area (Å²) in [5, 5.41) is 0. The molecule has 0 amide bonds. The van der Waals surface area contributed by atoms with Crippen LogP contribution in [0.3, 0.4) is 0 Å². The number of nitrogens with zero attached hydrogens (tertiary/aromatic N) is 2. The Balaban J connectivity index is 4.03. The average molecular weight is 254 g/mol. The van der Waals surface area contributed by atoms with Crippen LogP contribution in [0.4, 0.5) is 5.82 Å². The van der Waals surface area contributed by atoms with Crippen molar-refractivity contribution in [3.8, 4) is 0 Å². The van der Waals surface area contributed by atoms with Crippen LogP contribution in [0.1, 0.15) is 0 Å². The van der Waals surface area contributed by atoms with E-state index in [2.05, 4.69) is 0 Å². The normalized spacial score (nSPS) is 11.7. The van der Waals surface area contributed by atoms with E-state index in [0.29, 0.717) is 4.57 Å². The highest BCUT2D eigenvalue weighted by Gasteiger charge is 2.23. The molecular weight excluding hydrogens is 246 g/mol. The van der Waals surface area contributed by atoms with Crippen molar-refractivity contribution in [1.29, 1.82) is 0 Å². The average Bonchev–Trinajstić information content (AvgIpc) is 2.09. The van der Waals surface area contributed by atoms with Gasteiger partial charge in [-0.2, -0.15) is 0 Å². The summed E-state index contributed by atoms with van der Waals surface area (Å²) in [5.41, 5.74) is 3.57. The van der Waals surface area contributed by atoms with Gasteiger partial charge in [-0.1, -0.05) is 0 Å². The number of anilines is 1. The summed E-state index contributed by atoms with van der Waals surface area (Å²) >= 11 is 0. The Morgan fingerprint density at radius 1 is 1.20 bits per heavy atom. The van der Waals surface area contributed by atoms with Crippen LogP contribution in [-0.4, -0.2) is 17.6 Å². The van der Waals surface area contributed by atoms with Gasteiger partial charge in [0, 0.05) is 24.8 Å². The molecule has 0 radical (unpaired) electrons. The fourth-order valence-corrected chi connectivity index (χ4v) is 2.23. The highest BCUT2D eigenvalue weighted by Crippen LogP contribution is 2.15. The predicted molar refractivity (Wildman–Crippen MR) is 54.4 cm³/mol. The van der Waals surface area contributed by atoms with Crippen LogP contribution in [0.5, 0.6) is 0 Å². The Morgan fingerprint density at radius 3 is 2.07 bits per heavy atom. The molecule has 0 aromatic carbocycles. The van der Waals surface area contributed by atoms with Gasteiger partial charge in [-0.25, -0.2) is 13.2 Å². The van der Waals surface area contributed by atoms with Gasteiger partial charge in [0.05, 0.1) is 0 Å². The Bertz CT molecular complexity index is 627. The van der Waals surface area contributed by atoms with Crippen molar-refractivity contribution < 1.29 is 8.42 Å². The number of rotatable bonds is 1. The van der Waals surface area contributed by atoms with Gasteiger partial charge in [-0.05, 0) is 0 Å². The first-order valence-corrected chi connectivity index (χ1v) is 5.99. The van der Waals surface area contributed by atoms with Crippen LogP contribution < -0.4 is 17.0 Å². The summed E-state index contributed by atoms with van der Waals surface area (Å²) < 4.78 is 23.5. The molecule has 0 aliphatic rings. The van der Waals surface area contributed by atoms with E-state index >= 15 is 0 Å². The third kappa shape index (κ3) is 1.77. The Hall–Kier alpha value is -1.28. The number of nitrogens with two attached hydrogens (primary N) is 1. The quantitative estimate of drug-likeness (QED) is 0.620. The lowest BCUT2D eigenvalue weighted by Crippen LogP contribution is -2.40. The minimum absolute atomic E-state index is 0.474. The molecule has 1 rings (SSSR count). The molecule has 7 nitrogen and oxygen atoms in total. The Morgan fingerprint density at radius 2 is 1.67 bits per heavy atom. The summed E-state index contributed by atoms with van der Waals surface area (Å²) in [7, 11) is 3.13. The number of aromatic nitrogens is 2. The molecule has 0 saturated carbocycles. The molecule has 0 aliphatic carbocycles. The van der Waals surface area contributed by atoms with E-state index in [-0.39, 0.29) is 0 Å². The highest BCUT2D eigenvalue weighted by molar-refractivity contribution is 8.13. The maximum absolute atomic E-state index is 11.4. The second-order valence-corrected chi connectivity index (χ2v) is 5.36.